The normalized spacial score (nSPS) is 20.5. The van der Waals surface area contributed by atoms with E-state index in [0.29, 0.717) is 43.0 Å². The fourth-order valence-electron chi connectivity index (χ4n) is 4.82. The van der Waals surface area contributed by atoms with E-state index in [1.165, 1.54) is 17.5 Å². The number of nitrogens with zero attached hydrogens (tertiary/aromatic N) is 7. The van der Waals surface area contributed by atoms with Crippen LogP contribution in [-0.2, 0) is 20.0 Å². The number of anilines is 2. The minimum absolute atomic E-state index is 0.291. The first kappa shape index (κ1) is 24.3. The fourth-order valence-corrected chi connectivity index (χ4v) is 4.82. The maximum absolute atomic E-state index is 14.8. The molecule has 184 valence electrons. The van der Waals surface area contributed by atoms with Crippen molar-refractivity contribution in [1.82, 2.24) is 24.6 Å². The zero-order valence-corrected chi connectivity index (χ0v) is 21.1. The van der Waals surface area contributed by atoms with Crippen LogP contribution in [0.2, 0.25) is 0 Å². The molecule has 34 heavy (non-hydrogen) atoms. The molecular weight excluding hydrogens is 433 g/mol. The van der Waals surface area contributed by atoms with Crippen LogP contribution in [0.3, 0.4) is 0 Å². The first-order valence-corrected chi connectivity index (χ1v) is 11.8. The molecule has 1 atom stereocenters. The number of aryl methyl sites for hydroxylation is 1. The lowest BCUT2D eigenvalue weighted by molar-refractivity contribution is 0.358. The Morgan fingerprint density at radius 1 is 1.32 bits per heavy atom. The molecule has 2 aliphatic rings. The van der Waals surface area contributed by atoms with E-state index in [1.807, 2.05) is 37.6 Å². The standard InChI is InChI=1S/C24H36FN9/c1-15(2)20-17-13-34(9-7-19(17)31-33(20)6)22-18(25)12-27-23(30-22)29-21-16(3)11-24(26,14-28-21)8-10-32(4)5/h12,14-15H,7-11,13,26H2,1-6H3,(H,27,29,30). The third-order valence-corrected chi connectivity index (χ3v) is 6.52. The molecule has 0 bridgehead atoms. The van der Waals surface area contributed by atoms with Gasteiger partial charge < -0.3 is 20.9 Å². The van der Waals surface area contributed by atoms with Gasteiger partial charge in [-0.15, -0.1) is 0 Å². The van der Waals surface area contributed by atoms with Gasteiger partial charge in [0.1, 0.15) is 5.82 Å². The molecular formula is C24H36FN9. The zero-order chi connectivity index (χ0) is 24.6. The lowest BCUT2D eigenvalue weighted by atomic mass is 9.88. The van der Waals surface area contributed by atoms with Gasteiger partial charge in [0.15, 0.2) is 11.6 Å². The van der Waals surface area contributed by atoms with Crippen LogP contribution in [0.4, 0.5) is 16.2 Å². The van der Waals surface area contributed by atoms with Gasteiger partial charge in [-0.1, -0.05) is 13.8 Å². The van der Waals surface area contributed by atoms with Crippen molar-refractivity contribution in [2.75, 3.05) is 37.4 Å². The lowest BCUT2D eigenvalue weighted by Crippen LogP contribution is -2.45. The second-order valence-corrected chi connectivity index (χ2v) is 10.1. The molecule has 3 N–H and O–H groups in total. The van der Waals surface area contributed by atoms with Crippen LogP contribution < -0.4 is 16.0 Å². The summed E-state index contributed by atoms with van der Waals surface area (Å²) in [4.78, 5) is 17.3. The van der Waals surface area contributed by atoms with Crippen molar-refractivity contribution >= 4 is 18.0 Å². The molecule has 4 heterocycles. The Labute approximate surface area is 201 Å². The Bertz CT molecular complexity index is 1120. The van der Waals surface area contributed by atoms with Crippen LogP contribution in [0, 0.1) is 5.82 Å². The third kappa shape index (κ3) is 4.97. The minimum atomic E-state index is -0.475. The van der Waals surface area contributed by atoms with Gasteiger partial charge in [0.05, 0.1) is 17.4 Å². The molecule has 0 aliphatic carbocycles. The molecule has 0 saturated heterocycles. The highest BCUT2D eigenvalue weighted by Gasteiger charge is 2.29. The van der Waals surface area contributed by atoms with E-state index in [9.17, 15) is 4.39 Å². The van der Waals surface area contributed by atoms with Gasteiger partial charge >= 0.3 is 0 Å². The average Bonchev–Trinajstić information content (AvgIpc) is 3.11. The Kier molecular flexibility index (Phi) is 6.73. The highest BCUT2D eigenvalue weighted by atomic mass is 19.1. The number of halogens is 1. The molecule has 10 heteroatoms. The summed E-state index contributed by atoms with van der Waals surface area (Å²) < 4.78 is 16.8. The van der Waals surface area contributed by atoms with Gasteiger partial charge in [-0.25, -0.2) is 14.4 Å². The molecule has 9 nitrogen and oxygen atoms in total. The third-order valence-electron chi connectivity index (χ3n) is 6.52. The Hall–Kier alpha value is -2.85. The number of hydrogen-bond donors (Lipinski definition) is 2. The first-order valence-electron chi connectivity index (χ1n) is 11.8. The van der Waals surface area contributed by atoms with E-state index in [4.69, 9.17) is 5.73 Å². The summed E-state index contributed by atoms with van der Waals surface area (Å²) in [6.45, 7) is 8.42. The van der Waals surface area contributed by atoms with Crippen molar-refractivity contribution in [2.45, 2.75) is 58.0 Å². The number of hydrogen-bond acceptors (Lipinski definition) is 8. The summed E-state index contributed by atoms with van der Waals surface area (Å²) in [5, 5.41) is 7.85. The maximum Gasteiger partial charge on any atom is 0.230 e. The van der Waals surface area contributed by atoms with Crippen molar-refractivity contribution in [3.05, 3.63) is 40.4 Å². The molecule has 1 unspecified atom stereocenters. The van der Waals surface area contributed by atoms with Crippen molar-refractivity contribution in [2.24, 2.45) is 17.8 Å². The van der Waals surface area contributed by atoms with Crippen molar-refractivity contribution in [1.29, 1.82) is 0 Å². The maximum atomic E-state index is 14.8. The first-order chi connectivity index (χ1) is 16.1. The molecule has 0 radical (unpaired) electrons. The van der Waals surface area contributed by atoms with Crippen molar-refractivity contribution < 1.29 is 4.39 Å². The fraction of sp³-hybridized carbons (Fsp3) is 0.583. The van der Waals surface area contributed by atoms with E-state index >= 15 is 0 Å². The summed E-state index contributed by atoms with van der Waals surface area (Å²) >= 11 is 0. The number of rotatable bonds is 7. The minimum Gasteiger partial charge on any atom is -0.349 e. The predicted octanol–water partition coefficient (Wildman–Crippen LogP) is 2.80. The molecule has 4 rings (SSSR count). The van der Waals surface area contributed by atoms with Crippen LogP contribution in [-0.4, -0.2) is 63.6 Å². The van der Waals surface area contributed by atoms with Crippen LogP contribution in [0.5, 0.6) is 0 Å². The molecule has 0 aromatic carbocycles. The summed E-state index contributed by atoms with van der Waals surface area (Å²) in [5.74, 6) is 1.17. The largest absolute Gasteiger partial charge is 0.349 e. The lowest BCUT2D eigenvalue weighted by Gasteiger charge is -2.31. The smallest absolute Gasteiger partial charge is 0.230 e. The van der Waals surface area contributed by atoms with Crippen molar-refractivity contribution in [3.8, 4) is 0 Å². The summed E-state index contributed by atoms with van der Waals surface area (Å²) in [7, 11) is 6.04. The molecule has 0 fully saturated rings. The number of nitrogens with one attached hydrogen (secondary N) is 1. The Morgan fingerprint density at radius 3 is 2.76 bits per heavy atom. The summed E-state index contributed by atoms with van der Waals surface area (Å²) in [5.41, 5.74) is 10.5. The number of aromatic nitrogens is 4. The number of aliphatic imine (C=N–C) groups is 1. The quantitative estimate of drug-likeness (QED) is 0.643. The van der Waals surface area contributed by atoms with E-state index < -0.39 is 11.4 Å². The molecule has 2 aliphatic heterocycles. The molecule has 2 aromatic rings. The van der Waals surface area contributed by atoms with Crippen LogP contribution >= 0.6 is 0 Å². The highest BCUT2D eigenvalue weighted by molar-refractivity contribution is 5.74. The summed E-state index contributed by atoms with van der Waals surface area (Å²) in [6, 6.07) is 0. The monoisotopic (exact) mass is 469 g/mol. The van der Waals surface area contributed by atoms with Gasteiger partial charge in [-0.2, -0.15) is 10.1 Å². The van der Waals surface area contributed by atoms with Gasteiger partial charge in [0.2, 0.25) is 5.95 Å². The molecule has 0 saturated carbocycles. The SMILES string of the molecule is CC1=C(Nc2ncc(F)c(N3CCc4nn(C)c(C(C)C)c4C3)n2)N=CC(N)(CCN(C)C)C1. The van der Waals surface area contributed by atoms with E-state index in [-0.39, 0.29) is 0 Å². The predicted molar refractivity (Wildman–Crippen MR) is 134 cm³/mol. The Balaban J connectivity index is 1.52. The molecule has 0 spiro atoms. The van der Waals surface area contributed by atoms with Crippen LogP contribution in [0.15, 0.2) is 22.6 Å². The highest BCUT2D eigenvalue weighted by Crippen LogP contribution is 2.31. The second kappa shape index (κ2) is 9.42. The molecule has 0 amide bonds. The molecule has 2 aromatic heterocycles. The van der Waals surface area contributed by atoms with E-state index in [1.54, 1.807) is 6.21 Å². The van der Waals surface area contributed by atoms with Gasteiger partial charge in [0, 0.05) is 44.0 Å². The van der Waals surface area contributed by atoms with Crippen LogP contribution in [0.1, 0.15) is 56.5 Å². The van der Waals surface area contributed by atoms with Crippen LogP contribution in [0.25, 0.3) is 0 Å². The topological polar surface area (TPSA) is 100 Å². The average molecular weight is 470 g/mol. The van der Waals surface area contributed by atoms with Gasteiger partial charge in [0.25, 0.3) is 0 Å². The second-order valence-electron chi connectivity index (χ2n) is 10.1. The van der Waals surface area contributed by atoms with E-state index in [0.717, 1.165) is 30.7 Å². The van der Waals surface area contributed by atoms with Gasteiger partial charge in [-0.3, -0.25) is 4.68 Å². The van der Waals surface area contributed by atoms with Gasteiger partial charge in [-0.05, 0) is 51.9 Å². The summed E-state index contributed by atoms with van der Waals surface area (Å²) in [6.07, 6.45) is 5.28. The number of fused-ring (bicyclic) bond motifs is 1. The van der Waals surface area contributed by atoms with Crippen molar-refractivity contribution in [3.63, 3.8) is 0 Å². The Morgan fingerprint density at radius 2 is 2.09 bits per heavy atom. The zero-order valence-electron chi connectivity index (χ0n) is 21.1. The number of nitrogens with two attached hydrogens (primary N) is 1. The van der Waals surface area contributed by atoms with E-state index in [2.05, 4.69) is 44.1 Å².